The number of nitrogens with zero attached hydrogens (tertiary/aromatic N) is 2. The molecule has 4 aliphatic rings. The number of aromatic amines is 1. The van der Waals surface area contributed by atoms with Gasteiger partial charge in [0.15, 0.2) is 5.65 Å². The number of fused-ring (bicyclic) bond motifs is 6. The fourth-order valence-electron chi connectivity index (χ4n) is 9.86. The van der Waals surface area contributed by atoms with Gasteiger partial charge in [0, 0.05) is 12.6 Å². The van der Waals surface area contributed by atoms with Crippen LogP contribution in [-0.2, 0) is 6.42 Å². The molecule has 4 saturated carbocycles. The Balaban J connectivity index is 1.19. The summed E-state index contributed by atoms with van der Waals surface area (Å²) in [5.74, 6) is 4.15. The lowest BCUT2D eigenvalue weighted by Gasteiger charge is -2.62. The van der Waals surface area contributed by atoms with Gasteiger partial charge in [0.25, 0.3) is 5.56 Å². The lowest BCUT2D eigenvalue weighted by atomic mass is 9.43. The standard InChI is InChI=1S/C30H43N3O3/c1-17(6-11-26-32-27-21(28(36)33-26)5-4-14-31-27)22-9-10-23-20-8-7-18-15-19(34)12-13-29(18,2)24(20)16-25(35)30(22,23)3/h4-5,14,17-20,22-25,34-35H,6-13,15-16H2,1-3H3,(H,31,32,33,36)/t17-,18-,19-,20+,22-,23+,24?,25+,29+,30-/m1/s1. The van der Waals surface area contributed by atoms with Gasteiger partial charge < -0.3 is 15.2 Å². The van der Waals surface area contributed by atoms with Crippen molar-refractivity contribution >= 4 is 11.0 Å². The van der Waals surface area contributed by atoms with Crippen LogP contribution in [0.3, 0.4) is 0 Å². The van der Waals surface area contributed by atoms with Gasteiger partial charge >= 0.3 is 0 Å². The normalized spacial score (nSPS) is 43.0. The number of aliphatic hydroxyl groups excluding tert-OH is 2. The van der Waals surface area contributed by atoms with Crippen LogP contribution in [0, 0.1) is 46.3 Å². The Morgan fingerprint density at radius 1 is 1.11 bits per heavy atom. The maximum Gasteiger partial charge on any atom is 0.260 e. The van der Waals surface area contributed by atoms with Gasteiger partial charge in [0.05, 0.1) is 17.6 Å². The minimum atomic E-state index is -0.260. The second-order valence-corrected chi connectivity index (χ2v) is 13.3. The Morgan fingerprint density at radius 2 is 1.94 bits per heavy atom. The van der Waals surface area contributed by atoms with Crippen molar-refractivity contribution < 1.29 is 10.2 Å². The van der Waals surface area contributed by atoms with E-state index >= 15 is 0 Å². The third-order valence-corrected chi connectivity index (χ3v) is 11.9. The van der Waals surface area contributed by atoms with Gasteiger partial charge in [-0.3, -0.25) is 4.79 Å². The van der Waals surface area contributed by atoms with Crippen LogP contribution in [0.4, 0.5) is 0 Å². The molecular formula is C30H43N3O3. The summed E-state index contributed by atoms with van der Waals surface area (Å²) in [6, 6.07) is 3.53. The molecule has 10 atom stereocenters. The first-order chi connectivity index (χ1) is 17.2. The summed E-state index contributed by atoms with van der Waals surface area (Å²) >= 11 is 0. The van der Waals surface area contributed by atoms with E-state index < -0.39 is 0 Å². The van der Waals surface area contributed by atoms with E-state index in [1.807, 2.05) is 0 Å². The van der Waals surface area contributed by atoms with Gasteiger partial charge in [0.1, 0.15) is 5.82 Å². The Labute approximate surface area is 214 Å². The summed E-state index contributed by atoms with van der Waals surface area (Å²) in [4.78, 5) is 24.3. The third kappa shape index (κ3) is 3.69. The van der Waals surface area contributed by atoms with Crippen molar-refractivity contribution in [1.29, 1.82) is 0 Å². The largest absolute Gasteiger partial charge is 0.393 e. The fraction of sp³-hybridized carbons (Fsp3) is 0.767. The molecule has 0 radical (unpaired) electrons. The quantitative estimate of drug-likeness (QED) is 0.564. The third-order valence-electron chi connectivity index (χ3n) is 11.9. The van der Waals surface area contributed by atoms with Gasteiger partial charge in [-0.2, -0.15) is 0 Å². The van der Waals surface area contributed by atoms with Crippen LogP contribution in [0.1, 0.15) is 84.4 Å². The van der Waals surface area contributed by atoms with Crippen molar-refractivity contribution in [2.45, 2.75) is 97.2 Å². The Bertz CT molecular complexity index is 1180. The van der Waals surface area contributed by atoms with E-state index in [1.165, 1.54) is 25.7 Å². The zero-order valence-electron chi connectivity index (χ0n) is 22.1. The van der Waals surface area contributed by atoms with E-state index in [1.54, 1.807) is 18.3 Å². The average molecular weight is 494 g/mol. The summed E-state index contributed by atoms with van der Waals surface area (Å²) in [5.41, 5.74) is 0.640. The van der Waals surface area contributed by atoms with Crippen LogP contribution >= 0.6 is 0 Å². The Hall–Kier alpha value is -1.79. The van der Waals surface area contributed by atoms with Gasteiger partial charge in [-0.25, -0.2) is 9.97 Å². The van der Waals surface area contributed by atoms with E-state index in [9.17, 15) is 15.0 Å². The summed E-state index contributed by atoms with van der Waals surface area (Å²) in [7, 11) is 0. The molecule has 4 fully saturated rings. The van der Waals surface area contributed by atoms with E-state index in [0.717, 1.165) is 38.5 Å². The molecule has 2 aromatic heterocycles. The highest BCUT2D eigenvalue weighted by atomic mass is 16.3. The number of hydrogen-bond donors (Lipinski definition) is 3. The number of rotatable bonds is 4. The number of nitrogens with one attached hydrogen (secondary N) is 1. The highest BCUT2D eigenvalue weighted by molar-refractivity contribution is 5.72. The summed E-state index contributed by atoms with van der Waals surface area (Å²) in [6.45, 7) is 7.22. The zero-order chi connectivity index (χ0) is 25.2. The predicted octanol–water partition coefficient (Wildman–Crippen LogP) is 4.88. The van der Waals surface area contributed by atoms with Crippen molar-refractivity contribution in [1.82, 2.24) is 15.0 Å². The smallest absolute Gasteiger partial charge is 0.260 e. The van der Waals surface area contributed by atoms with Crippen LogP contribution in [0.2, 0.25) is 0 Å². The molecule has 0 aromatic carbocycles. The molecule has 4 aliphatic carbocycles. The molecule has 36 heavy (non-hydrogen) atoms. The van der Waals surface area contributed by atoms with E-state index in [0.29, 0.717) is 52.4 Å². The predicted molar refractivity (Wildman–Crippen MR) is 140 cm³/mol. The molecule has 0 spiro atoms. The lowest BCUT2D eigenvalue weighted by Crippen LogP contribution is -2.58. The highest BCUT2D eigenvalue weighted by Crippen LogP contribution is 2.68. The zero-order valence-corrected chi connectivity index (χ0v) is 22.1. The summed E-state index contributed by atoms with van der Waals surface area (Å²) in [5, 5.41) is 22.6. The van der Waals surface area contributed by atoms with E-state index in [2.05, 4.69) is 35.7 Å². The lowest BCUT2D eigenvalue weighted by molar-refractivity contribution is -0.174. The molecule has 6 heteroatoms. The molecule has 6 rings (SSSR count). The molecule has 0 amide bonds. The number of H-pyrrole nitrogens is 1. The number of pyridine rings is 1. The molecular weight excluding hydrogens is 450 g/mol. The molecule has 196 valence electrons. The first-order valence-corrected chi connectivity index (χ1v) is 14.4. The van der Waals surface area contributed by atoms with Crippen LogP contribution in [-0.4, -0.2) is 37.4 Å². The van der Waals surface area contributed by atoms with Crippen LogP contribution in [0.15, 0.2) is 23.1 Å². The van der Waals surface area contributed by atoms with Crippen LogP contribution < -0.4 is 5.56 Å². The first kappa shape index (κ1) is 24.5. The Kier molecular flexibility index (Phi) is 6.07. The number of aryl methyl sites for hydroxylation is 1. The van der Waals surface area contributed by atoms with E-state index in [4.69, 9.17) is 0 Å². The fourth-order valence-corrected chi connectivity index (χ4v) is 9.86. The monoisotopic (exact) mass is 493 g/mol. The molecule has 0 bridgehead atoms. The summed E-state index contributed by atoms with van der Waals surface area (Å²) < 4.78 is 0. The van der Waals surface area contributed by atoms with Crippen LogP contribution in [0.5, 0.6) is 0 Å². The first-order valence-electron chi connectivity index (χ1n) is 14.4. The number of hydrogen-bond acceptors (Lipinski definition) is 5. The second-order valence-electron chi connectivity index (χ2n) is 13.3. The Morgan fingerprint density at radius 3 is 2.78 bits per heavy atom. The topological polar surface area (TPSA) is 99.1 Å². The van der Waals surface area contributed by atoms with Gasteiger partial charge in [-0.15, -0.1) is 0 Å². The molecule has 6 nitrogen and oxygen atoms in total. The van der Waals surface area contributed by atoms with Gasteiger partial charge in [0.2, 0.25) is 0 Å². The molecule has 2 heterocycles. The number of aliphatic hydroxyl groups is 2. The maximum absolute atomic E-state index is 12.5. The second kappa shape index (κ2) is 8.90. The summed E-state index contributed by atoms with van der Waals surface area (Å²) in [6.07, 6.45) is 11.8. The van der Waals surface area contributed by atoms with Gasteiger partial charge in [-0.1, -0.05) is 20.8 Å². The van der Waals surface area contributed by atoms with Gasteiger partial charge in [-0.05, 0) is 116 Å². The highest BCUT2D eigenvalue weighted by Gasteiger charge is 2.63. The maximum atomic E-state index is 12.5. The molecule has 1 unspecified atom stereocenters. The van der Waals surface area contributed by atoms with Crippen molar-refractivity contribution in [3.8, 4) is 0 Å². The molecule has 0 saturated heterocycles. The molecule has 0 aliphatic heterocycles. The molecule has 3 N–H and O–H groups in total. The SMILES string of the molecule is C[C@H](CCc1nc2ncccc2c(=O)[nH]1)[C@H]1CC[C@H]2[C@@H]3CC[C@@H]4C[C@H](O)CC[C@]4(C)C3C[C@H](O)[C@]12C. The van der Waals surface area contributed by atoms with E-state index in [-0.39, 0.29) is 28.6 Å². The van der Waals surface area contributed by atoms with Crippen molar-refractivity contribution in [2.24, 2.45) is 46.3 Å². The number of aromatic nitrogens is 3. The molecule has 2 aromatic rings. The van der Waals surface area contributed by atoms with Crippen molar-refractivity contribution in [3.63, 3.8) is 0 Å². The average Bonchev–Trinajstić information content (AvgIpc) is 3.22. The van der Waals surface area contributed by atoms with Crippen molar-refractivity contribution in [2.75, 3.05) is 0 Å². The van der Waals surface area contributed by atoms with Crippen LogP contribution in [0.25, 0.3) is 11.0 Å². The minimum Gasteiger partial charge on any atom is -0.393 e. The van der Waals surface area contributed by atoms with Crippen molar-refractivity contribution in [3.05, 3.63) is 34.5 Å². The minimum absolute atomic E-state index is 0.0380.